The molecule has 1 atom stereocenters. The van der Waals surface area contributed by atoms with Gasteiger partial charge in [-0.15, -0.1) is 0 Å². The Hall–Kier alpha value is -2.09. The smallest absolute Gasteiger partial charge is 0.243 e. The van der Waals surface area contributed by atoms with Crippen LogP contribution in [-0.4, -0.2) is 38.8 Å². The van der Waals surface area contributed by atoms with E-state index in [2.05, 4.69) is 19.2 Å². The number of piperidine rings is 1. The fourth-order valence-corrected chi connectivity index (χ4v) is 5.77. The van der Waals surface area contributed by atoms with Crippen molar-refractivity contribution in [1.82, 2.24) is 4.31 Å². The van der Waals surface area contributed by atoms with Gasteiger partial charge in [-0.1, -0.05) is 43.6 Å². The first-order valence-corrected chi connectivity index (χ1v) is 12.2. The van der Waals surface area contributed by atoms with Crippen molar-refractivity contribution < 1.29 is 17.9 Å². The van der Waals surface area contributed by atoms with Gasteiger partial charge in [-0.3, -0.25) is 4.79 Å². The molecule has 1 amide bonds. The Balaban J connectivity index is 1.79. The van der Waals surface area contributed by atoms with E-state index in [1.54, 1.807) is 0 Å². The molecule has 0 unspecified atom stereocenters. The van der Waals surface area contributed by atoms with E-state index < -0.39 is 15.9 Å². The minimum atomic E-state index is -3.77. The monoisotopic (exact) mass is 464 g/mol. The minimum Gasteiger partial charge on any atom is -0.495 e. The van der Waals surface area contributed by atoms with Crippen LogP contribution in [0.2, 0.25) is 5.02 Å². The number of aryl methyl sites for hydroxylation is 1. The fourth-order valence-electron chi connectivity index (χ4n) is 3.90. The molecule has 0 bridgehead atoms. The van der Waals surface area contributed by atoms with Gasteiger partial charge in [0.2, 0.25) is 15.9 Å². The van der Waals surface area contributed by atoms with E-state index in [-0.39, 0.29) is 28.3 Å². The van der Waals surface area contributed by atoms with E-state index in [0.717, 1.165) is 16.8 Å². The Morgan fingerprint density at radius 1 is 1.26 bits per heavy atom. The van der Waals surface area contributed by atoms with E-state index in [1.807, 2.05) is 25.1 Å². The third kappa shape index (κ3) is 5.05. The van der Waals surface area contributed by atoms with Crippen LogP contribution in [0.1, 0.15) is 43.7 Å². The molecule has 2 aromatic rings. The van der Waals surface area contributed by atoms with E-state index in [9.17, 15) is 13.2 Å². The van der Waals surface area contributed by atoms with Crippen molar-refractivity contribution in [1.29, 1.82) is 0 Å². The number of methoxy groups -OCH3 is 1. The van der Waals surface area contributed by atoms with E-state index in [4.69, 9.17) is 16.3 Å². The Labute approximate surface area is 189 Å². The molecule has 2 aromatic carbocycles. The molecular weight excluding hydrogens is 436 g/mol. The number of amides is 1. The number of hydrogen-bond acceptors (Lipinski definition) is 4. The van der Waals surface area contributed by atoms with Crippen molar-refractivity contribution in [2.75, 3.05) is 25.5 Å². The van der Waals surface area contributed by atoms with Crippen LogP contribution < -0.4 is 10.1 Å². The molecule has 3 rings (SSSR count). The predicted octanol–water partition coefficient (Wildman–Crippen LogP) is 4.82. The van der Waals surface area contributed by atoms with Crippen LogP contribution in [-0.2, 0) is 14.8 Å². The molecule has 0 aliphatic carbocycles. The van der Waals surface area contributed by atoms with Gasteiger partial charge >= 0.3 is 0 Å². The Kier molecular flexibility index (Phi) is 7.29. The van der Waals surface area contributed by atoms with Crippen LogP contribution in [0.5, 0.6) is 5.75 Å². The van der Waals surface area contributed by atoms with Crippen molar-refractivity contribution in [3.05, 3.63) is 52.5 Å². The van der Waals surface area contributed by atoms with Crippen LogP contribution in [0.4, 0.5) is 5.69 Å². The third-order valence-electron chi connectivity index (χ3n) is 5.69. The summed E-state index contributed by atoms with van der Waals surface area (Å²) >= 11 is 6.13. The summed E-state index contributed by atoms with van der Waals surface area (Å²) in [5.41, 5.74) is 2.89. The third-order valence-corrected chi connectivity index (χ3v) is 7.85. The summed E-state index contributed by atoms with van der Waals surface area (Å²) in [5, 5.41) is 3.30. The molecular formula is C23H29ClN2O4S. The second-order valence-electron chi connectivity index (χ2n) is 8.18. The Morgan fingerprint density at radius 2 is 2.00 bits per heavy atom. The SMILES string of the molecule is COc1ccc(S(=O)(=O)N2CCC[C@H](C(=O)Nc3c(C)cccc3C(C)C)C2)cc1Cl. The Bertz CT molecular complexity index is 1070. The number of carbonyl (C=O) groups excluding carboxylic acids is 1. The Morgan fingerprint density at radius 3 is 2.65 bits per heavy atom. The summed E-state index contributed by atoms with van der Waals surface area (Å²) in [4.78, 5) is 13.2. The lowest BCUT2D eigenvalue weighted by Gasteiger charge is -2.31. The molecule has 6 nitrogen and oxygen atoms in total. The van der Waals surface area contributed by atoms with Crippen molar-refractivity contribution >= 4 is 33.2 Å². The average Bonchev–Trinajstić information content (AvgIpc) is 2.74. The van der Waals surface area contributed by atoms with Crippen LogP contribution in [0.3, 0.4) is 0 Å². The van der Waals surface area contributed by atoms with Crippen molar-refractivity contribution in [3.8, 4) is 5.75 Å². The maximum Gasteiger partial charge on any atom is 0.243 e. The number of rotatable bonds is 6. The largest absolute Gasteiger partial charge is 0.495 e. The number of anilines is 1. The predicted molar refractivity (Wildman–Crippen MR) is 123 cm³/mol. The van der Waals surface area contributed by atoms with Gasteiger partial charge in [0.05, 0.1) is 22.9 Å². The van der Waals surface area contributed by atoms with Gasteiger partial charge in [0.25, 0.3) is 0 Å². The number of hydrogen-bond donors (Lipinski definition) is 1. The standard InChI is InChI=1S/C23H29ClN2O4S/c1-15(2)19-9-5-7-16(3)22(19)25-23(27)17-8-6-12-26(14-17)31(28,29)18-10-11-21(30-4)20(24)13-18/h5,7,9-11,13,15,17H,6,8,12,14H2,1-4H3,(H,25,27)/t17-/m0/s1. The quantitative estimate of drug-likeness (QED) is 0.664. The number of halogens is 1. The second kappa shape index (κ2) is 9.59. The van der Waals surface area contributed by atoms with Gasteiger partial charge in [-0.2, -0.15) is 4.31 Å². The second-order valence-corrected chi connectivity index (χ2v) is 10.5. The van der Waals surface area contributed by atoms with Gasteiger partial charge < -0.3 is 10.1 Å². The summed E-state index contributed by atoms with van der Waals surface area (Å²) in [7, 11) is -2.29. The van der Waals surface area contributed by atoms with Gasteiger partial charge in [-0.05, 0) is 55.0 Å². The van der Waals surface area contributed by atoms with Crippen molar-refractivity contribution in [3.63, 3.8) is 0 Å². The molecule has 0 saturated carbocycles. The molecule has 1 saturated heterocycles. The maximum atomic E-state index is 13.2. The van der Waals surface area contributed by atoms with E-state index >= 15 is 0 Å². The summed E-state index contributed by atoms with van der Waals surface area (Å²) in [6.45, 7) is 6.64. The number of nitrogens with one attached hydrogen (secondary N) is 1. The minimum absolute atomic E-state index is 0.0976. The molecule has 0 radical (unpaired) electrons. The van der Waals surface area contributed by atoms with Crippen LogP contribution >= 0.6 is 11.6 Å². The summed E-state index contributed by atoms with van der Waals surface area (Å²) in [5.74, 6) is 0.106. The molecule has 8 heteroatoms. The fraction of sp³-hybridized carbons (Fsp3) is 0.435. The highest BCUT2D eigenvalue weighted by atomic mass is 35.5. The molecule has 0 spiro atoms. The summed E-state index contributed by atoms with van der Waals surface area (Å²) < 4.78 is 32.8. The molecule has 1 heterocycles. The van der Waals surface area contributed by atoms with Gasteiger partial charge in [0.15, 0.2) is 0 Å². The van der Waals surface area contributed by atoms with Crippen LogP contribution in [0.25, 0.3) is 0 Å². The number of para-hydroxylation sites is 1. The molecule has 168 valence electrons. The first-order chi connectivity index (χ1) is 14.6. The lowest BCUT2D eigenvalue weighted by Crippen LogP contribution is -2.43. The number of carbonyl (C=O) groups is 1. The van der Waals surface area contributed by atoms with Crippen LogP contribution in [0, 0.1) is 12.8 Å². The van der Waals surface area contributed by atoms with E-state index in [1.165, 1.54) is 29.6 Å². The number of sulfonamides is 1. The molecule has 0 aromatic heterocycles. The topological polar surface area (TPSA) is 75.7 Å². The molecule has 31 heavy (non-hydrogen) atoms. The van der Waals surface area contributed by atoms with Gasteiger partial charge in [0, 0.05) is 18.8 Å². The van der Waals surface area contributed by atoms with Gasteiger partial charge in [-0.25, -0.2) is 8.42 Å². The number of ether oxygens (including phenoxy) is 1. The van der Waals surface area contributed by atoms with Crippen LogP contribution in [0.15, 0.2) is 41.3 Å². The van der Waals surface area contributed by atoms with Gasteiger partial charge in [0.1, 0.15) is 5.75 Å². The first-order valence-electron chi connectivity index (χ1n) is 10.4. The van der Waals surface area contributed by atoms with E-state index in [0.29, 0.717) is 25.1 Å². The van der Waals surface area contributed by atoms with Crippen molar-refractivity contribution in [2.45, 2.75) is 44.4 Å². The molecule has 1 aliphatic rings. The van der Waals surface area contributed by atoms with Crippen molar-refractivity contribution in [2.24, 2.45) is 5.92 Å². The summed E-state index contributed by atoms with van der Waals surface area (Å²) in [6.07, 6.45) is 1.26. The average molecular weight is 465 g/mol. The number of nitrogens with zero attached hydrogens (tertiary/aromatic N) is 1. The highest BCUT2D eigenvalue weighted by Crippen LogP contribution is 2.32. The molecule has 1 aliphatic heterocycles. The summed E-state index contributed by atoms with van der Waals surface area (Å²) in [6, 6.07) is 10.4. The molecule has 1 N–H and O–H groups in total. The highest BCUT2D eigenvalue weighted by Gasteiger charge is 2.34. The molecule has 1 fully saturated rings. The number of benzene rings is 2. The maximum absolute atomic E-state index is 13.2. The zero-order chi connectivity index (χ0) is 22.8. The normalized spacial score (nSPS) is 17.5. The highest BCUT2D eigenvalue weighted by molar-refractivity contribution is 7.89. The zero-order valence-corrected chi connectivity index (χ0v) is 19.9. The first kappa shape index (κ1) is 23.6. The lowest BCUT2D eigenvalue weighted by atomic mass is 9.95. The zero-order valence-electron chi connectivity index (χ0n) is 18.3. The lowest BCUT2D eigenvalue weighted by molar-refractivity contribution is -0.120.